The molecule has 6 nitrogen and oxygen atoms in total. The van der Waals surface area contributed by atoms with E-state index in [2.05, 4.69) is 10.3 Å². The van der Waals surface area contributed by atoms with Gasteiger partial charge in [-0.15, -0.1) is 5.10 Å². The molecule has 2 aromatic rings. The summed E-state index contributed by atoms with van der Waals surface area (Å²) in [6, 6.07) is 7.26. The van der Waals surface area contributed by atoms with Crippen LogP contribution in [-0.4, -0.2) is 33.2 Å². The molecule has 1 heterocycles. The Morgan fingerprint density at radius 2 is 2.12 bits per heavy atom. The maximum atomic E-state index is 10.6. The van der Waals surface area contributed by atoms with Gasteiger partial charge in [-0.05, 0) is 24.3 Å². The molecule has 0 bridgehead atoms. The molecule has 17 heavy (non-hydrogen) atoms. The maximum Gasteiger partial charge on any atom is 0.325 e. The van der Waals surface area contributed by atoms with Crippen LogP contribution in [0.2, 0.25) is 0 Å². The first-order chi connectivity index (χ1) is 8.20. The highest BCUT2D eigenvalue weighted by Gasteiger charge is 2.09. The number of carboxylic acids is 1. The number of nitrogens with zero attached hydrogens (tertiary/aromatic N) is 3. The van der Waals surface area contributed by atoms with E-state index in [-0.39, 0.29) is 6.54 Å². The van der Waals surface area contributed by atoms with E-state index >= 15 is 0 Å². The summed E-state index contributed by atoms with van der Waals surface area (Å²) in [4.78, 5) is 10.6. The highest BCUT2D eigenvalue weighted by molar-refractivity contribution is 5.68. The first-order valence-electron chi connectivity index (χ1n) is 4.95. The molecule has 0 aliphatic carbocycles. The normalized spacial score (nSPS) is 10.2. The van der Waals surface area contributed by atoms with Crippen LogP contribution < -0.4 is 4.74 Å². The molecule has 1 N–H and O–H groups in total. The van der Waals surface area contributed by atoms with E-state index in [1.807, 2.05) is 12.1 Å². The first kappa shape index (κ1) is 11.1. The summed E-state index contributed by atoms with van der Waals surface area (Å²) in [7, 11) is 1.59. The van der Waals surface area contributed by atoms with E-state index in [4.69, 9.17) is 9.84 Å². The average molecular weight is 233 g/mol. The minimum absolute atomic E-state index is 0.207. The lowest BCUT2D eigenvalue weighted by Crippen LogP contribution is -2.11. The Labute approximate surface area is 97.4 Å². The molecule has 0 fully saturated rings. The smallest absolute Gasteiger partial charge is 0.325 e. The third-order valence-corrected chi connectivity index (χ3v) is 2.29. The van der Waals surface area contributed by atoms with Crippen molar-refractivity contribution in [2.45, 2.75) is 6.54 Å². The highest BCUT2D eigenvalue weighted by atomic mass is 16.5. The van der Waals surface area contributed by atoms with Crippen LogP contribution in [0.1, 0.15) is 0 Å². The average Bonchev–Trinajstić information content (AvgIpc) is 2.76. The van der Waals surface area contributed by atoms with Crippen LogP contribution in [0.15, 0.2) is 30.5 Å². The second kappa shape index (κ2) is 4.65. The molecule has 0 amide bonds. The van der Waals surface area contributed by atoms with Crippen molar-refractivity contribution >= 4 is 5.97 Å². The molecule has 0 saturated carbocycles. The summed E-state index contributed by atoms with van der Waals surface area (Å²) in [5.74, 6) is -0.212. The molecule has 1 aromatic carbocycles. The van der Waals surface area contributed by atoms with Gasteiger partial charge in [-0.3, -0.25) is 4.79 Å². The van der Waals surface area contributed by atoms with Crippen LogP contribution in [0, 0.1) is 0 Å². The second-order valence-corrected chi connectivity index (χ2v) is 3.40. The number of aliphatic carboxylic acids is 1. The Hall–Kier alpha value is -2.37. The van der Waals surface area contributed by atoms with Gasteiger partial charge in [0, 0.05) is 5.56 Å². The predicted octanol–water partition coefficient (Wildman–Crippen LogP) is 1.04. The zero-order valence-corrected chi connectivity index (χ0v) is 9.20. The largest absolute Gasteiger partial charge is 0.497 e. The number of ether oxygens (including phenoxy) is 1. The zero-order valence-electron chi connectivity index (χ0n) is 9.20. The summed E-state index contributed by atoms with van der Waals surface area (Å²) in [5.41, 5.74) is 1.51. The summed E-state index contributed by atoms with van der Waals surface area (Å²) in [5, 5.41) is 16.2. The predicted molar refractivity (Wildman–Crippen MR) is 59.6 cm³/mol. The van der Waals surface area contributed by atoms with E-state index in [1.165, 1.54) is 10.9 Å². The molecule has 0 radical (unpaired) electrons. The molecule has 0 unspecified atom stereocenters. The number of benzene rings is 1. The van der Waals surface area contributed by atoms with Gasteiger partial charge < -0.3 is 9.84 Å². The second-order valence-electron chi connectivity index (χ2n) is 3.40. The van der Waals surface area contributed by atoms with Crippen LogP contribution in [0.3, 0.4) is 0 Å². The Morgan fingerprint density at radius 1 is 1.41 bits per heavy atom. The fourth-order valence-corrected chi connectivity index (χ4v) is 1.49. The lowest BCUT2D eigenvalue weighted by atomic mass is 10.1. The molecule has 1 aromatic heterocycles. The van der Waals surface area contributed by atoms with Crippen LogP contribution in [-0.2, 0) is 11.3 Å². The van der Waals surface area contributed by atoms with Crippen molar-refractivity contribution < 1.29 is 14.6 Å². The fourth-order valence-electron chi connectivity index (χ4n) is 1.49. The molecule has 6 heteroatoms. The highest BCUT2D eigenvalue weighted by Crippen LogP contribution is 2.21. The van der Waals surface area contributed by atoms with Crippen molar-refractivity contribution in [1.29, 1.82) is 0 Å². The third kappa shape index (κ3) is 2.41. The maximum absolute atomic E-state index is 10.6. The molecule has 0 atom stereocenters. The van der Waals surface area contributed by atoms with Gasteiger partial charge in [0.25, 0.3) is 0 Å². The molecule has 88 valence electrons. The molecule has 0 aliphatic rings. The quantitative estimate of drug-likeness (QED) is 0.853. The number of aromatic nitrogens is 3. The Kier molecular flexibility index (Phi) is 3.04. The Morgan fingerprint density at radius 3 is 2.71 bits per heavy atom. The van der Waals surface area contributed by atoms with E-state index in [0.29, 0.717) is 5.69 Å². The minimum Gasteiger partial charge on any atom is -0.497 e. The summed E-state index contributed by atoms with van der Waals surface area (Å²) in [6.07, 6.45) is 1.53. The number of hydrogen-bond acceptors (Lipinski definition) is 4. The molecular weight excluding hydrogens is 222 g/mol. The van der Waals surface area contributed by atoms with Crippen LogP contribution in [0.5, 0.6) is 5.75 Å². The summed E-state index contributed by atoms with van der Waals surface area (Å²) < 4.78 is 6.39. The molecule has 0 spiro atoms. The lowest BCUT2D eigenvalue weighted by Gasteiger charge is -2.04. The van der Waals surface area contributed by atoms with Gasteiger partial charge in [0.15, 0.2) is 0 Å². The van der Waals surface area contributed by atoms with Gasteiger partial charge >= 0.3 is 5.97 Å². The Balaban J connectivity index is 2.32. The minimum atomic E-state index is -0.953. The van der Waals surface area contributed by atoms with Crippen molar-refractivity contribution in [3.63, 3.8) is 0 Å². The van der Waals surface area contributed by atoms with E-state index in [1.54, 1.807) is 19.2 Å². The van der Waals surface area contributed by atoms with Gasteiger partial charge in [-0.2, -0.15) is 0 Å². The molecular formula is C11H11N3O3. The number of carboxylic acid groups (broad SMARTS) is 1. The number of methoxy groups -OCH3 is 1. The fraction of sp³-hybridized carbons (Fsp3) is 0.182. The zero-order chi connectivity index (χ0) is 12.3. The lowest BCUT2D eigenvalue weighted by molar-refractivity contribution is -0.137. The van der Waals surface area contributed by atoms with Crippen LogP contribution >= 0.6 is 0 Å². The van der Waals surface area contributed by atoms with Crippen molar-refractivity contribution in [2.24, 2.45) is 0 Å². The van der Waals surface area contributed by atoms with Crippen molar-refractivity contribution in [3.8, 4) is 17.0 Å². The number of rotatable bonds is 4. The standard InChI is InChI=1S/C11H11N3O3/c1-17-9-4-2-8(3-5-9)10-6-12-13-14(10)7-11(15)16/h2-6H,7H2,1H3,(H,15,16). The van der Waals surface area contributed by atoms with Gasteiger partial charge in [0.1, 0.15) is 12.3 Å². The van der Waals surface area contributed by atoms with Crippen molar-refractivity contribution in [2.75, 3.05) is 7.11 Å². The Bertz CT molecular complexity index is 519. The summed E-state index contributed by atoms with van der Waals surface area (Å²) >= 11 is 0. The van der Waals surface area contributed by atoms with Crippen molar-refractivity contribution in [1.82, 2.24) is 15.0 Å². The van der Waals surface area contributed by atoms with Gasteiger partial charge in [-0.1, -0.05) is 5.21 Å². The van der Waals surface area contributed by atoms with E-state index < -0.39 is 5.97 Å². The topological polar surface area (TPSA) is 77.2 Å². The van der Waals surface area contributed by atoms with Crippen LogP contribution in [0.4, 0.5) is 0 Å². The van der Waals surface area contributed by atoms with Gasteiger partial charge in [0.05, 0.1) is 19.0 Å². The third-order valence-electron chi connectivity index (χ3n) is 2.29. The first-order valence-corrected chi connectivity index (χ1v) is 4.95. The van der Waals surface area contributed by atoms with Gasteiger partial charge in [0.2, 0.25) is 0 Å². The SMILES string of the molecule is COc1ccc(-c2cnnn2CC(=O)O)cc1. The number of hydrogen-bond donors (Lipinski definition) is 1. The molecule has 0 aliphatic heterocycles. The number of carbonyl (C=O) groups is 1. The van der Waals surface area contributed by atoms with Crippen molar-refractivity contribution in [3.05, 3.63) is 30.5 Å². The van der Waals surface area contributed by atoms with E-state index in [0.717, 1.165) is 11.3 Å². The molecule has 0 saturated heterocycles. The summed E-state index contributed by atoms with van der Waals surface area (Å²) in [6.45, 7) is -0.207. The molecule has 2 rings (SSSR count). The van der Waals surface area contributed by atoms with Crippen LogP contribution in [0.25, 0.3) is 11.3 Å². The van der Waals surface area contributed by atoms with E-state index in [9.17, 15) is 4.79 Å². The van der Waals surface area contributed by atoms with Gasteiger partial charge in [-0.25, -0.2) is 4.68 Å². The monoisotopic (exact) mass is 233 g/mol.